The Morgan fingerprint density at radius 3 is 2.20 bits per heavy atom. The molecule has 22 heteroatoms. The molecule has 1 aliphatic carbocycles. The molecule has 51 heavy (non-hydrogen) atoms. The van der Waals surface area contributed by atoms with E-state index in [1.54, 1.807) is 0 Å². The largest absolute Gasteiger partial charge is 0.395 e. The first-order valence-corrected chi connectivity index (χ1v) is 18.7. The van der Waals surface area contributed by atoms with E-state index >= 15 is 0 Å². The van der Waals surface area contributed by atoms with Crippen LogP contribution >= 0.6 is 24.0 Å². The summed E-state index contributed by atoms with van der Waals surface area (Å²) in [6.07, 6.45) is -17.1. The molecular formula is C29H60N8O12S2. The van der Waals surface area contributed by atoms with Crippen molar-refractivity contribution in [1.29, 1.82) is 0 Å². The van der Waals surface area contributed by atoms with E-state index in [9.17, 15) is 30.6 Å². The molecule has 2 heterocycles. The number of thioether (sulfide) groups is 1. The van der Waals surface area contributed by atoms with Gasteiger partial charge < -0.3 is 104 Å². The monoisotopic (exact) mass is 776 g/mol. The molecule has 20 nitrogen and oxygen atoms in total. The van der Waals surface area contributed by atoms with Crippen LogP contribution in [0.15, 0.2) is 0 Å². The van der Waals surface area contributed by atoms with E-state index in [1.165, 1.54) is 18.7 Å². The van der Waals surface area contributed by atoms with Crippen molar-refractivity contribution in [1.82, 2.24) is 10.6 Å². The highest BCUT2D eigenvalue weighted by Gasteiger charge is 2.53. The summed E-state index contributed by atoms with van der Waals surface area (Å²) in [4.78, 5) is 0. The minimum atomic E-state index is -1.52. The van der Waals surface area contributed by atoms with Gasteiger partial charge in [-0.15, -0.1) is 0 Å². The van der Waals surface area contributed by atoms with Crippen LogP contribution in [0.25, 0.3) is 0 Å². The highest BCUT2D eigenvalue weighted by molar-refractivity contribution is 7.99. The van der Waals surface area contributed by atoms with Gasteiger partial charge in [-0.05, 0) is 32.5 Å². The van der Waals surface area contributed by atoms with Gasteiger partial charge in [0.15, 0.2) is 24.0 Å². The van der Waals surface area contributed by atoms with Crippen LogP contribution in [0, 0.1) is 0 Å². The molecule has 1 saturated carbocycles. The van der Waals surface area contributed by atoms with Crippen molar-refractivity contribution in [3.63, 3.8) is 0 Å². The average molecular weight is 777 g/mol. The van der Waals surface area contributed by atoms with Crippen LogP contribution in [0.1, 0.15) is 20.3 Å². The third kappa shape index (κ3) is 11.9. The van der Waals surface area contributed by atoms with Crippen LogP contribution in [0.4, 0.5) is 0 Å². The predicted molar refractivity (Wildman–Crippen MR) is 190 cm³/mol. The number of hydrogen-bond donors (Lipinski definition) is 14. The SMILES string of the molecule is CCNC(=S)NCCSCC1OC(OC2C(O)C(N)CC(N)C2OC(OC(CN)[C@H](C)O)[C@@H](N)CO)C(O)C1O[C@H]1O[C@@H](CN)C(O)C(O)C1N. The van der Waals surface area contributed by atoms with E-state index in [2.05, 4.69) is 10.6 Å². The number of nitrogens with one attached hydrogen (secondary N) is 2. The molecule has 0 radical (unpaired) electrons. The van der Waals surface area contributed by atoms with Crippen molar-refractivity contribution in [2.24, 2.45) is 34.4 Å². The van der Waals surface area contributed by atoms with E-state index < -0.39 is 117 Å². The lowest BCUT2D eigenvalue weighted by molar-refractivity contribution is -0.287. The molecule has 0 amide bonds. The Balaban J connectivity index is 1.83. The number of aliphatic hydroxyl groups excluding tert-OH is 6. The fourth-order valence-corrected chi connectivity index (χ4v) is 7.14. The number of aliphatic hydroxyl groups is 6. The minimum Gasteiger partial charge on any atom is -0.395 e. The molecule has 2 aliphatic heterocycles. The van der Waals surface area contributed by atoms with Gasteiger partial charge in [0.25, 0.3) is 0 Å². The molecule has 3 aliphatic rings. The molecule has 0 aromatic rings. The summed E-state index contributed by atoms with van der Waals surface area (Å²) in [7, 11) is 0. The van der Waals surface area contributed by atoms with Crippen molar-refractivity contribution in [3.8, 4) is 0 Å². The number of hydrogen-bond acceptors (Lipinski definition) is 20. The van der Waals surface area contributed by atoms with E-state index in [0.717, 1.165) is 0 Å². The first-order valence-electron chi connectivity index (χ1n) is 17.1. The zero-order valence-electron chi connectivity index (χ0n) is 29.0. The first kappa shape index (κ1) is 44.7. The zero-order chi connectivity index (χ0) is 38.0. The Kier molecular flexibility index (Phi) is 18.8. The predicted octanol–water partition coefficient (Wildman–Crippen LogP) is -7.03. The molecule has 3 fully saturated rings. The van der Waals surface area contributed by atoms with E-state index in [4.69, 9.17) is 75.0 Å². The summed E-state index contributed by atoms with van der Waals surface area (Å²) in [6.45, 7) is 3.77. The molecule has 14 unspecified atom stereocenters. The molecule has 18 atom stereocenters. The van der Waals surface area contributed by atoms with Crippen LogP contribution in [-0.4, -0.2) is 190 Å². The van der Waals surface area contributed by atoms with Gasteiger partial charge in [-0.25, -0.2) is 0 Å². The Morgan fingerprint density at radius 1 is 0.922 bits per heavy atom. The quantitative estimate of drug-likeness (QED) is 0.0329. The van der Waals surface area contributed by atoms with Gasteiger partial charge in [0, 0.05) is 49.8 Å². The van der Waals surface area contributed by atoms with Crippen LogP contribution in [-0.2, 0) is 28.4 Å². The lowest BCUT2D eigenvalue weighted by atomic mass is 9.84. The molecule has 0 spiro atoms. The molecule has 0 aromatic carbocycles. The summed E-state index contributed by atoms with van der Waals surface area (Å²) in [5, 5.41) is 70.3. The number of nitrogens with two attached hydrogens (primary N) is 6. The van der Waals surface area contributed by atoms with Crippen LogP contribution in [0.2, 0.25) is 0 Å². The molecule has 0 bridgehead atoms. The minimum absolute atomic E-state index is 0.0984. The molecule has 0 aromatic heterocycles. The highest BCUT2D eigenvalue weighted by atomic mass is 32.2. The number of rotatable bonds is 19. The van der Waals surface area contributed by atoms with E-state index in [0.29, 0.717) is 24.0 Å². The summed E-state index contributed by atoms with van der Waals surface area (Å²) in [6, 6.07) is -4.03. The summed E-state index contributed by atoms with van der Waals surface area (Å²) < 4.78 is 36.3. The molecule has 3 rings (SSSR count). The van der Waals surface area contributed by atoms with Gasteiger partial charge in [0.2, 0.25) is 0 Å². The van der Waals surface area contributed by atoms with Gasteiger partial charge in [0.1, 0.15) is 42.7 Å². The second-order valence-corrected chi connectivity index (χ2v) is 14.5. The molecular weight excluding hydrogens is 716 g/mol. The number of ether oxygens (including phenoxy) is 6. The fraction of sp³-hybridized carbons (Fsp3) is 0.966. The Bertz CT molecular complexity index is 1040. The lowest BCUT2D eigenvalue weighted by Crippen LogP contribution is -2.65. The second-order valence-electron chi connectivity index (χ2n) is 13.0. The van der Waals surface area contributed by atoms with Gasteiger partial charge in [-0.1, -0.05) is 0 Å². The van der Waals surface area contributed by atoms with Crippen molar-refractivity contribution in [3.05, 3.63) is 0 Å². The summed E-state index contributed by atoms with van der Waals surface area (Å²) >= 11 is 6.66. The van der Waals surface area contributed by atoms with Crippen LogP contribution in [0.3, 0.4) is 0 Å². The maximum atomic E-state index is 11.6. The first-order chi connectivity index (χ1) is 24.2. The van der Waals surface area contributed by atoms with Gasteiger partial charge in [-0.3, -0.25) is 0 Å². The molecule has 2 saturated heterocycles. The summed E-state index contributed by atoms with van der Waals surface area (Å²) in [5.74, 6) is 0.862. The maximum absolute atomic E-state index is 11.6. The smallest absolute Gasteiger partial charge is 0.187 e. The van der Waals surface area contributed by atoms with Crippen molar-refractivity contribution < 1.29 is 59.1 Å². The van der Waals surface area contributed by atoms with Gasteiger partial charge in [-0.2, -0.15) is 11.8 Å². The normalized spacial score (nSPS) is 39.6. The Hall–Kier alpha value is -0.680. The van der Waals surface area contributed by atoms with Crippen molar-refractivity contribution in [2.75, 3.05) is 44.3 Å². The van der Waals surface area contributed by atoms with E-state index in [1.807, 2.05) is 6.92 Å². The van der Waals surface area contributed by atoms with E-state index in [-0.39, 0.29) is 25.3 Å². The van der Waals surface area contributed by atoms with Gasteiger partial charge >= 0.3 is 0 Å². The zero-order valence-corrected chi connectivity index (χ0v) is 30.6. The highest BCUT2D eigenvalue weighted by Crippen LogP contribution is 2.34. The average Bonchev–Trinajstić information content (AvgIpc) is 3.38. The third-order valence-corrected chi connectivity index (χ3v) is 10.3. The van der Waals surface area contributed by atoms with Crippen LogP contribution < -0.4 is 45.0 Å². The fourth-order valence-electron chi connectivity index (χ4n) is 5.98. The van der Waals surface area contributed by atoms with Gasteiger partial charge in [0.05, 0.1) is 43.1 Å². The van der Waals surface area contributed by atoms with Crippen molar-refractivity contribution in [2.45, 2.75) is 130 Å². The van der Waals surface area contributed by atoms with Crippen molar-refractivity contribution >= 4 is 29.1 Å². The number of thiocarbonyl (C=S) groups is 1. The topological polar surface area (TPSA) is 357 Å². The second kappa shape index (κ2) is 21.4. The standard InChI is InChI=1S/C29H60N8O12S2/c1-3-36-29(50)37-4-5-51-10-17-24(48-27-18(35)21(42)20(41)16(8-31)45-27)22(43)28(46-17)49-25-19(40)12(32)6-13(33)23(25)47-26(14(34)9-38)44-15(7-30)11(2)39/h11-28,38-43H,3-10,30-35H2,1-2H3,(H2,36,37,50)/t11-,12?,13?,14-,15?,16-,17?,18?,19?,20?,21?,22?,23?,24?,25?,26?,27+,28?/m0/s1. The maximum Gasteiger partial charge on any atom is 0.187 e. The molecule has 300 valence electrons. The summed E-state index contributed by atoms with van der Waals surface area (Å²) in [5.41, 5.74) is 36.4. The third-order valence-electron chi connectivity index (χ3n) is 9.00. The Morgan fingerprint density at radius 2 is 1.59 bits per heavy atom. The van der Waals surface area contributed by atoms with Crippen LogP contribution in [0.5, 0.6) is 0 Å². The molecule has 20 N–H and O–H groups in total. The lowest BCUT2D eigenvalue weighted by Gasteiger charge is -2.45. The Labute approximate surface area is 307 Å².